The van der Waals surface area contributed by atoms with Gasteiger partial charge in [-0.25, -0.2) is 4.39 Å². The van der Waals surface area contributed by atoms with Gasteiger partial charge in [0.1, 0.15) is 11.6 Å². The number of amides is 1. The fourth-order valence-electron chi connectivity index (χ4n) is 1.93. The number of fused-ring (bicyclic) bond motifs is 1. The van der Waals surface area contributed by atoms with Crippen LogP contribution in [0.4, 0.5) is 10.2 Å². The standard InChI is InChI=1S/C14H10FN3O2/c15-8-5-6-10(12(19)7-8)14(20)16-13-9-3-1-2-4-11(9)17-18-13/h1-7,19H,(H2,16,17,18,20). The molecule has 5 nitrogen and oxygen atoms in total. The first-order chi connectivity index (χ1) is 9.65. The molecule has 0 saturated carbocycles. The molecule has 1 aromatic heterocycles. The molecule has 0 bridgehead atoms. The van der Waals surface area contributed by atoms with Crippen molar-refractivity contribution in [3.05, 3.63) is 53.8 Å². The summed E-state index contributed by atoms with van der Waals surface area (Å²) in [4.78, 5) is 12.0. The van der Waals surface area contributed by atoms with Crippen LogP contribution < -0.4 is 5.32 Å². The van der Waals surface area contributed by atoms with Gasteiger partial charge in [0, 0.05) is 11.5 Å². The van der Waals surface area contributed by atoms with Crippen LogP contribution in [0.25, 0.3) is 10.9 Å². The lowest BCUT2D eigenvalue weighted by molar-refractivity contribution is 0.102. The third-order valence-corrected chi connectivity index (χ3v) is 2.91. The molecule has 0 spiro atoms. The quantitative estimate of drug-likeness (QED) is 0.670. The van der Waals surface area contributed by atoms with E-state index in [0.717, 1.165) is 23.0 Å². The van der Waals surface area contributed by atoms with Gasteiger partial charge in [-0.05, 0) is 24.3 Å². The fraction of sp³-hybridized carbons (Fsp3) is 0. The van der Waals surface area contributed by atoms with E-state index in [4.69, 9.17) is 0 Å². The van der Waals surface area contributed by atoms with Gasteiger partial charge in [0.15, 0.2) is 5.82 Å². The zero-order chi connectivity index (χ0) is 14.1. The fourth-order valence-corrected chi connectivity index (χ4v) is 1.93. The number of nitrogens with one attached hydrogen (secondary N) is 2. The molecule has 1 heterocycles. The summed E-state index contributed by atoms with van der Waals surface area (Å²) in [5, 5.41) is 19.7. The maximum Gasteiger partial charge on any atom is 0.260 e. The first-order valence-corrected chi connectivity index (χ1v) is 5.88. The van der Waals surface area contributed by atoms with Crippen LogP contribution in [0.2, 0.25) is 0 Å². The third-order valence-electron chi connectivity index (χ3n) is 2.91. The van der Waals surface area contributed by atoms with Crippen LogP contribution in [-0.4, -0.2) is 21.2 Å². The van der Waals surface area contributed by atoms with Crippen molar-refractivity contribution in [2.75, 3.05) is 5.32 Å². The van der Waals surface area contributed by atoms with E-state index < -0.39 is 17.5 Å². The van der Waals surface area contributed by atoms with Crippen LogP contribution >= 0.6 is 0 Å². The Bertz CT molecular complexity index is 798. The molecule has 0 atom stereocenters. The van der Waals surface area contributed by atoms with Crippen molar-refractivity contribution in [3.8, 4) is 5.75 Å². The van der Waals surface area contributed by atoms with Crippen LogP contribution in [0.5, 0.6) is 5.75 Å². The smallest absolute Gasteiger partial charge is 0.260 e. The van der Waals surface area contributed by atoms with Crippen LogP contribution in [0, 0.1) is 5.82 Å². The summed E-state index contributed by atoms with van der Waals surface area (Å²) in [5.74, 6) is -1.22. The van der Waals surface area contributed by atoms with Gasteiger partial charge >= 0.3 is 0 Å². The molecule has 3 rings (SSSR count). The minimum absolute atomic E-state index is 0.0153. The highest BCUT2D eigenvalue weighted by Crippen LogP contribution is 2.23. The summed E-state index contributed by atoms with van der Waals surface area (Å²) in [6.45, 7) is 0. The lowest BCUT2D eigenvalue weighted by Crippen LogP contribution is -2.12. The normalized spacial score (nSPS) is 10.7. The molecule has 6 heteroatoms. The average molecular weight is 271 g/mol. The highest BCUT2D eigenvalue weighted by atomic mass is 19.1. The molecule has 0 saturated heterocycles. The topological polar surface area (TPSA) is 78.0 Å². The van der Waals surface area contributed by atoms with Crippen molar-refractivity contribution in [1.82, 2.24) is 10.2 Å². The first kappa shape index (κ1) is 12.2. The number of H-pyrrole nitrogens is 1. The molecule has 0 aliphatic heterocycles. The van der Waals surface area contributed by atoms with E-state index in [0.29, 0.717) is 5.82 Å². The summed E-state index contributed by atoms with van der Waals surface area (Å²) in [6, 6.07) is 10.5. The Morgan fingerprint density at radius 2 is 2.05 bits per heavy atom. The molecule has 100 valence electrons. The molecule has 3 aromatic rings. The Labute approximate surface area is 113 Å². The van der Waals surface area contributed by atoms with Crippen molar-refractivity contribution >= 4 is 22.6 Å². The predicted octanol–water partition coefficient (Wildman–Crippen LogP) is 2.66. The van der Waals surface area contributed by atoms with Gasteiger partial charge in [-0.1, -0.05) is 12.1 Å². The number of nitrogens with zero attached hydrogens (tertiary/aromatic N) is 1. The number of carbonyl (C=O) groups is 1. The van der Waals surface area contributed by atoms with Crippen LogP contribution in [0.15, 0.2) is 42.5 Å². The number of benzene rings is 2. The van der Waals surface area contributed by atoms with Crippen LogP contribution in [0.3, 0.4) is 0 Å². The van der Waals surface area contributed by atoms with Gasteiger partial charge in [-0.15, -0.1) is 0 Å². The Kier molecular flexibility index (Phi) is 2.83. The molecule has 3 N–H and O–H groups in total. The Hall–Kier alpha value is -2.89. The molecular weight excluding hydrogens is 261 g/mol. The lowest BCUT2D eigenvalue weighted by Gasteiger charge is -2.04. The van der Waals surface area contributed by atoms with Gasteiger partial charge < -0.3 is 10.4 Å². The predicted molar refractivity (Wildman–Crippen MR) is 72.1 cm³/mol. The monoisotopic (exact) mass is 271 g/mol. The molecule has 2 aromatic carbocycles. The van der Waals surface area contributed by atoms with E-state index in [-0.39, 0.29) is 5.56 Å². The number of anilines is 1. The van der Waals surface area contributed by atoms with Gasteiger partial charge in [0.25, 0.3) is 5.91 Å². The van der Waals surface area contributed by atoms with E-state index in [9.17, 15) is 14.3 Å². The first-order valence-electron chi connectivity index (χ1n) is 5.88. The number of phenols is 1. The number of aromatic amines is 1. The SMILES string of the molecule is O=C(Nc1n[nH]c2ccccc12)c1ccc(F)cc1O. The Balaban J connectivity index is 1.92. The Morgan fingerprint density at radius 1 is 1.25 bits per heavy atom. The highest BCUT2D eigenvalue weighted by molar-refractivity contribution is 6.09. The third kappa shape index (κ3) is 2.07. The van der Waals surface area contributed by atoms with Gasteiger partial charge in [-0.2, -0.15) is 5.10 Å². The van der Waals surface area contributed by atoms with E-state index in [1.54, 1.807) is 6.07 Å². The van der Waals surface area contributed by atoms with Crippen molar-refractivity contribution in [1.29, 1.82) is 0 Å². The molecule has 0 radical (unpaired) electrons. The molecule has 0 unspecified atom stereocenters. The Morgan fingerprint density at radius 3 is 2.85 bits per heavy atom. The van der Waals surface area contributed by atoms with Gasteiger partial charge in [-0.3, -0.25) is 9.89 Å². The minimum Gasteiger partial charge on any atom is -0.507 e. The average Bonchev–Trinajstić information content (AvgIpc) is 2.82. The molecule has 0 aliphatic carbocycles. The number of aromatic hydroxyl groups is 1. The summed E-state index contributed by atoms with van der Waals surface area (Å²) < 4.78 is 12.9. The number of carbonyl (C=O) groups excluding carboxylic acids is 1. The largest absolute Gasteiger partial charge is 0.507 e. The molecule has 1 amide bonds. The summed E-state index contributed by atoms with van der Waals surface area (Å²) in [5.41, 5.74) is 0.768. The van der Waals surface area contributed by atoms with Gasteiger partial charge in [0.05, 0.1) is 11.1 Å². The van der Waals surface area contributed by atoms with Crippen molar-refractivity contribution in [2.45, 2.75) is 0 Å². The number of hydrogen-bond donors (Lipinski definition) is 3. The van der Waals surface area contributed by atoms with E-state index in [2.05, 4.69) is 15.5 Å². The maximum atomic E-state index is 12.9. The number of phenolic OH excluding ortho intramolecular Hbond substituents is 1. The van der Waals surface area contributed by atoms with Crippen LogP contribution in [0.1, 0.15) is 10.4 Å². The van der Waals surface area contributed by atoms with E-state index in [1.165, 1.54) is 6.07 Å². The summed E-state index contributed by atoms with van der Waals surface area (Å²) in [6.07, 6.45) is 0. The lowest BCUT2D eigenvalue weighted by atomic mass is 10.2. The zero-order valence-electron chi connectivity index (χ0n) is 10.2. The second-order valence-corrected chi connectivity index (χ2v) is 4.23. The summed E-state index contributed by atoms with van der Waals surface area (Å²) >= 11 is 0. The number of hydrogen-bond acceptors (Lipinski definition) is 3. The van der Waals surface area contributed by atoms with Crippen LogP contribution in [-0.2, 0) is 0 Å². The minimum atomic E-state index is -0.607. The molecular formula is C14H10FN3O2. The number of para-hydroxylation sites is 1. The molecule has 0 fully saturated rings. The van der Waals surface area contributed by atoms with Crippen molar-refractivity contribution in [2.24, 2.45) is 0 Å². The second-order valence-electron chi connectivity index (χ2n) is 4.23. The number of halogens is 1. The number of rotatable bonds is 2. The van der Waals surface area contributed by atoms with Crippen molar-refractivity contribution in [3.63, 3.8) is 0 Å². The maximum absolute atomic E-state index is 12.9. The molecule has 0 aliphatic rings. The number of aromatic nitrogens is 2. The van der Waals surface area contributed by atoms with E-state index in [1.807, 2.05) is 18.2 Å². The summed E-state index contributed by atoms with van der Waals surface area (Å²) in [7, 11) is 0. The molecule has 20 heavy (non-hydrogen) atoms. The zero-order valence-corrected chi connectivity index (χ0v) is 10.2. The second kappa shape index (κ2) is 4.65. The van der Waals surface area contributed by atoms with Crippen molar-refractivity contribution < 1.29 is 14.3 Å². The van der Waals surface area contributed by atoms with E-state index >= 15 is 0 Å². The van der Waals surface area contributed by atoms with Gasteiger partial charge in [0.2, 0.25) is 0 Å². The highest BCUT2D eigenvalue weighted by Gasteiger charge is 2.14.